The van der Waals surface area contributed by atoms with Crippen LogP contribution in [0.3, 0.4) is 0 Å². The minimum Gasteiger partial charge on any atom is -0.480 e. The second kappa shape index (κ2) is 7.36. The Kier molecular flexibility index (Phi) is 5.00. The van der Waals surface area contributed by atoms with Gasteiger partial charge in [0.25, 0.3) is 0 Å². The van der Waals surface area contributed by atoms with Gasteiger partial charge in [0.05, 0.1) is 0 Å². The second-order valence-electron chi connectivity index (χ2n) is 5.89. The van der Waals surface area contributed by atoms with Crippen LogP contribution in [0.25, 0.3) is 11.1 Å². The number of rotatable bonds is 6. The molecule has 0 aromatic heterocycles. The Hall–Kier alpha value is -2.86. The molecule has 1 aliphatic carbocycles. The summed E-state index contributed by atoms with van der Waals surface area (Å²) in [7, 11) is 1.53. The van der Waals surface area contributed by atoms with Crippen molar-refractivity contribution in [2.45, 2.75) is 12.0 Å². The first kappa shape index (κ1) is 17.0. The quantitative estimate of drug-likeness (QED) is 0.750. The Bertz CT molecular complexity index is 745. The first-order chi connectivity index (χ1) is 12.1. The van der Waals surface area contributed by atoms with Crippen LogP contribution in [0.4, 0.5) is 4.79 Å². The second-order valence-corrected chi connectivity index (χ2v) is 5.89. The number of ether oxygens (including phenoxy) is 1. The predicted molar refractivity (Wildman–Crippen MR) is 93.6 cm³/mol. The Morgan fingerprint density at radius 1 is 1.08 bits per heavy atom. The molecule has 0 bridgehead atoms. The molecule has 6 heteroatoms. The zero-order valence-electron chi connectivity index (χ0n) is 13.9. The summed E-state index contributed by atoms with van der Waals surface area (Å²) in [5.41, 5.74) is 4.59. The molecule has 6 nitrogen and oxygen atoms in total. The number of benzene rings is 2. The van der Waals surface area contributed by atoms with E-state index in [0.717, 1.165) is 22.3 Å². The molecular weight excluding hydrogens is 320 g/mol. The van der Waals surface area contributed by atoms with Crippen LogP contribution in [0.1, 0.15) is 17.0 Å². The summed E-state index contributed by atoms with van der Waals surface area (Å²) < 4.78 is 5.34. The number of carboxylic acid groups (broad SMARTS) is 1. The zero-order chi connectivity index (χ0) is 17.8. The van der Waals surface area contributed by atoms with Crippen LogP contribution in [0, 0.1) is 0 Å². The molecule has 25 heavy (non-hydrogen) atoms. The highest BCUT2D eigenvalue weighted by atomic mass is 16.5. The van der Waals surface area contributed by atoms with E-state index in [1.165, 1.54) is 7.05 Å². The van der Waals surface area contributed by atoms with E-state index >= 15 is 0 Å². The number of carbonyl (C=O) groups is 2. The summed E-state index contributed by atoms with van der Waals surface area (Å²) >= 11 is 0. The lowest BCUT2D eigenvalue weighted by Gasteiger charge is -2.16. The minimum absolute atomic E-state index is 0.0160. The van der Waals surface area contributed by atoms with Crippen molar-refractivity contribution >= 4 is 12.1 Å². The molecule has 0 radical (unpaired) electrons. The van der Waals surface area contributed by atoms with Crippen LogP contribution in [0.5, 0.6) is 0 Å². The van der Waals surface area contributed by atoms with Gasteiger partial charge in [-0.3, -0.25) is 4.79 Å². The predicted octanol–water partition coefficient (Wildman–Crippen LogP) is 2.20. The molecule has 0 spiro atoms. The number of aliphatic carboxylic acids is 1. The van der Waals surface area contributed by atoms with E-state index in [9.17, 15) is 9.59 Å². The van der Waals surface area contributed by atoms with Gasteiger partial charge in [-0.05, 0) is 29.3 Å². The monoisotopic (exact) mass is 340 g/mol. The fraction of sp³-hybridized carbons (Fsp3) is 0.263. The van der Waals surface area contributed by atoms with Crippen molar-refractivity contribution in [1.82, 2.24) is 10.6 Å². The van der Waals surface area contributed by atoms with E-state index < -0.39 is 18.1 Å². The average Bonchev–Trinajstić information content (AvgIpc) is 2.94. The van der Waals surface area contributed by atoms with E-state index in [-0.39, 0.29) is 19.1 Å². The molecule has 1 aliphatic rings. The number of hydrogen-bond acceptors (Lipinski definition) is 4. The van der Waals surface area contributed by atoms with Crippen molar-refractivity contribution in [2.75, 3.05) is 20.2 Å². The molecule has 0 saturated heterocycles. The lowest BCUT2D eigenvalue weighted by Crippen LogP contribution is -2.44. The Balaban J connectivity index is 1.65. The van der Waals surface area contributed by atoms with Gasteiger partial charge in [0.2, 0.25) is 0 Å². The lowest BCUT2D eigenvalue weighted by molar-refractivity contribution is -0.139. The molecule has 3 N–H and O–H groups in total. The molecule has 0 saturated carbocycles. The number of amides is 1. The molecule has 0 fully saturated rings. The fourth-order valence-electron chi connectivity index (χ4n) is 3.15. The van der Waals surface area contributed by atoms with Gasteiger partial charge in [-0.15, -0.1) is 0 Å². The molecule has 2 aromatic carbocycles. The van der Waals surface area contributed by atoms with E-state index in [4.69, 9.17) is 9.84 Å². The van der Waals surface area contributed by atoms with Crippen molar-refractivity contribution in [3.63, 3.8) is 0 Å². The van der Waals surface area contributed by atoms with Crippen molar-refractivity contribution in [3.05, 3.63) is 59.7 Å². The first-order valence-electron chi connectivity index (χ1n) is 8.10. The lowest BCUT2D eigenvalue weighted by atomic mass is 9.98. The van der Waals surface area contributed by atoms with Crippen LogP contribution < -0.4 is 10.6 Å². The molecule has 1 atom stereocenters. The summed E-state index contributed by atoms with van der Waals surface area (Å²) in [5, 5.41) is 14.0. The van der Waals surface area contributed by atoms with Gasteiger partial charge in [-0.2, -0.15) is 0 Å². The molecule has 1 amide bonds. The summed E-state index contributed by atoms with van der Waals surface area (Å²) in [6, 6.07) is 15.3. The molecular formula is C19H20N2O4. The van der Waals surface area contributed by atoms with E-state index in [1.807, 2.05) is 36.4 Å². The fourth-order valence-corrected chi connectivity index (χ4v) is 3.15. The maximum atomic E-state index is 11.9. The number of hydrogen-bond donors (Lipinski definition) is 3. The zero-order valence-corrected chi connectivity index (χ0v) is 13.9. The summed E-state index contributed by atoms with van der Waals surface area (Å²) in [5.74, 6) is -1.04. The number of carbonyl (C=O) groups excluding carboxylic acids is 1. The SMILES string of the molecule is CNC(CNC(=O)OCC1c2ccccc2-c2ccccc21)C(=O)O. The van der Waals surface area contributed by atoms with E-state index in [1.54, 1.807) is 0 Å². The third-order valence-electron chi connectivity index (χ3n) is 4.44. The molecule has 2 aromatic rings. The number of alkyl carbamates (subject to hydrolysis) is 1. The topological polar surface area (TPSA) is 87.7 Å². The molecule has 0 aliphatic heterocycles. The van der Waals surface area contributed by atoms with Crippen LogP contribution in [0.15, 0.2) is 48.5 Å². The maximum absolute atomic E-state index is 11.9. The van der Waals surface area contributed by atoms with Crippen LogP contribution in [0.2, 0.25) is 0 Å². The van der Waals surface area contributed by atoms with Crippen LogP contribution in [-0.2, 0) is 9.53 Å². The Morgan fingerprint density at radius 2 is 1.64 bits per heavy atom. The standard InChI is InChI=1S/C19H20N2O4/c1-20-17(18(22)23)10-21-19(24)25-11-16-14-8-4-2-6-12(14)13-7-3-5-9-15(13)16/h2-9,16-17,20H,10-11H2,1H3,(H,21,24)(H,22,23). The van der Waals surface area contributed by atoms with Crippen LogP contribution >= 0.6 is 0 Å². The van der Waals surface area contributed by atoms with Gasteiger partial charge in [-0.1, -0.05) is 48.5 Å². The number of nitrogens with one attached hydrogen (secondary N) is 2. The van der Waals surface area contributed by atoms with E-state index in [0.29, 0.717) is 0 Å². The van der Waals surface area contributed by atoms with Crippen LogP contribution in [-0.4, -0.2) is 43.4 Å². The van der Waals surface area contributed by atoms with Gasteiger partial charge >= 0.3 is 12.1 Å². The smallest absolute Gasteiger partial charge is 0.407 e. The van der Waals surface area contributed by atoms with Gasteiger partial charge in [0, 0.05) is 12.5 Å². The van der Waals surface area contributed by atoms with Crippen molar-refractivity contribution < 1.29 is 19.4 Å². The molecule has 1 unspecified atom stereocenters. The average molecular weight is 340 g/mol. The number of fused-ring (bicyclic) bond motifs is 3. The van der Waals surface area contributed by atoms with Crippen molar-refractivity contribution in [2.24, 2.45) is 0 Å². The largest absolute Gasteiger partial charge is 0.480 e. The number of carboxylic acids is 1. The first-order valence-corrected chi connectivity index (χ1v) is 8.10. The van der Waals surface area contributed by atoms with E-state index in [2.05, 4.69) is 22.8 Å². The summed E-state index contributed by atoms with van der Waals surface area (Å²) in [4.78, 5) is 22.8. The Morgan fingerprint density at radius 3 is 2.16 bits per heavy atom. The summed E-state index contributed by atoms with van der Waals surface area (Å²) in [6.07, 6.45) is -0.622. The summed E-state index contributed by atoms with van der Waals surface area (Å²) in [6.45, 7) is 0.166. The Labute approximate surface area is 145 Å². The molecule has 0 heterocycles. The van der Waals surface area contributed by atoms with Crippen molar-refractivity contribution in [1.29, 1.82) is 0 Å². The minimum atomic E-state index is -1.03. The third-order valence-corrected chi connectivity index (χ3v) is 4.44. The normalized spacial score (nSPS) is 13.6. The third kappa shape index (κ3) is 3.49. The highest BCUT2D eigenvalue weighted by Gasteiger charge is 2.29. The highest BCUT2D eigenvalue weighted by molar-refractivity contribution is 5.79. The molecule has 130 valence electrons. The maximum Gasteiger partial charge on any atom is 0.407 e. The van der Waals surface area contributed by atoms with Gasteiger partial charge in [0.1, 0.15) is 12.6 Å². The van der Waals surface area contributed by atoms with Gasteiger partial charge < -0.3 is 20.5 Å². The highest BCUT2D eigenvalue weighted by Crippen LogP contribution is 2.44. The number of likely N-dealkylation sites (N-methyl/N-ethyl adjacent to an activating group) is 1. The van der Waals surface area contributed by atoms with Gasteiger partial charge in [-0.25, -0.2) is 4.79 Å². The van der Waals surface area contributed by atoms with Gasteiger partial charge in [0.15, 0.2) is 0 Å². The van der Waals surface area contributed by atoms with Crippen molar-refractivity contribution in [3.8, 4) is 11.1 Å². The molecule has 3 rings (SSSR count).